The highest BCUT2D eigenvalue weighted by Gasteiger charge is 2.35. The topological polar surface area (TPSA) is 84.3 Å². The van der Waals surface area contributed by atoms with Crippen LogP contribution in [0.4, 0.5) is 5.82 Å². The average Bonchev–Trinajstić information content (AvgIpc) is 3.42. The molecule has 0 saturated heterocycles. The summed E-state index contributed by atoms with van der Waals surface area (Å²) in [5.74, 6) is 1.31. The van der Waals surface area contributed by atoms with Gasteiger partial charge in [-0.1, -0.05) is 30.3 Å². The number of nitrogens with zero attached hydrogens (tertiary/aromatic N) is 3. The van der Waals surface area contributed by atoms with Crippen molar-refractivity contribution < 1.29 is 14.4 Å². The van der Waals surface area contributed by atoms with Gasteiger partial charge >= 0.3 is 0 Å². The Morgan fingerprint density at radius 2 is 1.71 bits per heavy atom. The second-order valence-corrected chi connectivity index (χ2v) is 8.56. The first-order valence-electron chi connectivity index (χ1n) is 10.0. The number of imide groups is 1. The third-order valence-corrected chi connectivity index (χ3v) is 6.56. The lowest BCUT2D eigenvalue weighted by Crippen LogP contribution is -2.33. The van der Waals surface area contributed by atoms with Crippen molar-refractivity contribution in [2.24, 2.45) is 0 Å². The number of anilines is 1. The third kappa shape index (κ3) is 3.33. The van der Waals surface area contributed by atoms with Crippen molar-refractivity contribution in [3.8, 4) is 5.69 Å². The number of para-hydroxylation sites is 1. The molecule has 0 aliphatic carbocycles. The predicted molar refractivity (Wildman–Crippen MR) is 118 cm³/mol. The highest BCUT2D eigenvalue weighted by molar-refractivity contribution is 7.98. The maximum absolute atomic E-state index is 12.8. The van der Waals surface area contributed by atoms with Gasteiger partial charge in [-0.25, -0.2) is 4.68 Å². The van der Waals surface area contributed by atoms with Gasteiger partial charge in [-0.2, -0.15) is 16.9 Å². The first kappa shape index (κ1) is 19.6. The second-order valence-electron chi connectivity index (χ2n) is 7.57. The summed E-state index contributed by atoms with van der Waals surface area (Å²) in [6.07, 6.45) is 0.0202. The number of hydrogen-bond donors (Lipinski definition) is 1. The summed E-state index contributed by atoms with van der Waals surface area (Å²) in [7, 11) is 0. The molecule has 1 aromatic heterocycles. The smallest absolute Gasteiger partial charge is 0.261 e. The molecule has 7 nitrogen and oxygen atoms in total. The van der Waals surface area contributed by atoms with Gasteiger partial charge in [0.25, 0.3) is 11.8 Å². The van der Waals surface area contributed by atoms with Gasteiger partial charge < -0.3 is 5.32 Å². The first-order valence-corrected chi connectivity index (χ1v) is 11.2. The number of rotatable bonds is 5. The normalized spacial score (nSPS) is 14.7. The summed E-state index contributed by atoms with van der Waals surface area (Å²) < 4.78 is 1.79. The number of nitrogens with one attached hydrogen (secondary N) is 1. The van der Waals surface area contributed by atoms with Crippen LogP contribution in [0.1, 0.15) is 44.0 Å². The Labute approximate surface area is 183 Å². The van der Waals surface area contributed by atoms with Gasteiger partial charge in [0.05, 0.1) is 22.5 Å². The molecule has 0 saturated carbocycles. The SMILES string of the molecule is Cc1ccccc1-n1nc2c(c1NC(=O)CCN1C(=O)c3ccccc3C1=O)CSC2. The molecule has 3 heterocycles. The van der Waals surface area contributed by atoms with Crippen LogP contribution in [0.25, 0.3) is 5.69 Å². The second kappa shape index (κ2) is 7.70. The van der Waals surface area contributed by atoms with E-state index in [1.807, 2.05) is 31.2 Å². The zero-order chi connectivity index (χ0) is 21.5. The summed E-state index contributed by atoms with van der Waals surface area (Å²) in [5.41, 5.74) is 4.75. The fourth-order valence-corrected chi connectivity index (χ4v) is 5.00. The van der Waals surface area contributed by atoms with E-state index in [4.69, 9.17) is 5.10 Å². The van der Waals surface area contributed by atoms with Crippen molar-refractivity contribution in [1.29, 1.82) is 0 Å². The minimum atomic E-state index is -0.351. The minimum Gasteiger partial charge on any atom is -0.310 e. The first-order chi connectivity index (χ1) is 15.0. The molecule has 2 aliphatic rings. The van der Waals surface area contributed by atoms with Gasteiger partial charge in [-0.3, -0.25) is 19.3 Å². The van der Waals surface area contributed by atoms with Crippen molar-refractivity contribution in [3.63, 3.8) is 0 Å². The van der Waals surface area contributed by atoms with Gasteiger partial charge in [0.15, 0.2) is 0 Å². The number of aromatic nitrogens is 2. The zero-order valence-corrected chi connectivity index (χ0v) is 17.7. The Morgan fingerprint density at radius 1 is 1.03 bits per heavy atom. The standard InChI is InChI=1S/C23H20N4O3S/c1-14-6-2-5-9-19(14)27-21(17-12-31-13-18(17)25-27)24-20(28)10-11-26-22(29)15-7-3-4-8-16(15)23(26)30/h2-9H,10-13H2,1H3,(H,24,28). The monoisotopic (exact) mass is 432 g/mol. The van der Waals surface area contributed by atoms with Crippen LogP contribution in [0.5, 0.6) is 0 Å². The maximum atomic E-state index is 12.8. The van der Waals surface area contributed by atoms with Crippen LogP contribution in [0.15, 0.2) is 48.5 Å². The Kier molecular flexibility index (Phi) is 4.86. The molecule has 5 rings (SSSR count). The van der Waals surface area contributed by atoms with Crippen LogP contribution in [0.3, 0.4) is 0 Å². The Morgan fingerprint density at radius 3 is 2.42 bits per heavy atom. The van der Waals surface area contributed by atoms with Crippen LogP contribution < -0.4 is 5.32 Å². The summed E-state index contributed by atoms with van der Waals surface area (Å²) in [6.45, 7) is 2.04. The Balaban J connectivity index is 1.35. The highest BCUT2D eigenvalue weighted by Crippen LogP contribution is 2.36. The van der Waals surface area contributed by atoms with Gasteiger partial charge in [-0.05, 0) is 30.7 Å². The molecule has 0 radical (unpaired) electrons. The molecule has 0 bridgehead atoms. The van der Waals surface area contributed by atoms with Crippen LogP contribution in [-0.2, 0) is 16.3 Å². The number of carbonyl (C=O) groups is 3. The molecule has 8 heteroatoms. The van der Waals surface area contributed by atoms with Crippen LogP contribution >= 0.6 is 11.8 Å². The molecule has 156 valence electrons. The molecule has 0 unspecified atom stereocenters. The highest BCUT2D eigenvalue weighted by atomic mass is 32.2. The molecule has 0 spiro atoms. The number of carbonyl (C=O) groups excluding carboxylic acids is 3. The van der Waals surface area contributed by atoms with E-state index >= 15 is 0 Å². The number of fused-ring (bicyclic) bond motifs is 2. The van der Waals surface area contributed by atoms with Crippen molar-refractivity contribution in [2.45, 2.75) is 24.9 Å². The van der Waals surface area contributed by atoms with E-state index < -0.39 is 0 Å². The minimum absolute atomic E-state index is 0.0202. The van der Waals surface area contributed by atoms with Crippen LogP contribution in [-0.4, -0.2) is 38.9 Å². The van der Waals surface area contributed by atoms with Gasteiger partial charge in [0, 0.05) is 30.0 Å². The van der Waals surface area contributed by atoms with Crippen molar-refractivity contribution in [1.82, 2.24) is 14.7 Å². The fraction of sp³-hybridized carbons (Fsp3) is 0.217. The number of hydrogen-bond acceptors (Lipinski definition) is 5. The van der Waals surface area contributed by atoms with Gasteiger partial charge in [0.2, 0.25) is 5.91 Å². The van der Waals surface area contributed by atoms with E-state index in [9.17, 15) is 14.4 Å². The van der Waals surface area contributed by atoms with E-state index in [2.05, 4.69) is 5.32 Å². The lowest BCUT2D eigenvalue weighted by molar-refractivity contribution is -0.116. The quantitative estimate of drug-likeness (QED) is 0.624. The van der Waals surface area contributed by atoms with E-state index in [0.717, 1.165) is 38.9 Å². The van der Waals surface area contributed by atoms with E-state index in [-0.39, 0.29) is 30.7 Å². The Hall–Kier alpha value is -3.39. The molecule has 1 N–H and O–H groups in total. The number of aryl methyl sites for hydroxylation is 1. The lowest BCUT2D eigenvalue weighted by Gasteiger charge is -2.15. The van der Waals surface area contributed by atoms with Gasteiger partial charge in [-0.15, -0.1) is 0 Å². The Bertz CT molecular complexity index is 1200. The molecule has 3 aromatic rings. The molecule has 3 amide bonds. The van der Waals surface area contributed by atoms with E-state index in [0.29, 0.717) is 16.9 Å². The molecule has 2 aromatic carbocycles. The maximum Gasteiger partial charge on any atom is 0.261 e. The summed E-state index contributed by atoms with van der Waals surface area (Å²) in [6, 6.07) is 14.6. The molecule has 31 heavy (non-hydrogen) atoms. The summed E-state index contributed by atoms with van der Waals surface area (Å²) in [4.78, 5) is 39.0. The average molecular weight is 433 g/mol. The van der Waals surface area contributed by atoms with Crippen LogP contribution in [0.2, 0.25) is 0 Å². The number of amides is 3. The van der Waals surface area contributed by atoms with Crippen molar-refractivity contribution in [2.75, 3.05) is 11.9 Å². The van der Waals surface area contributed by atoms with Crippen molar-refractivity contribution >= 4 is 35.3 Å². The number of thioether (sulfide) groups is 1. The summed E-state index contributed by atoms with van der Waals surface area (Å²) in [5, 5.41) is 7.72. The third-order valence-electron chi connectivity index (χ3n) is 5.59. The molecule has 0 fully saturated rings. The molecule has 0 atom stereocenters. The lowest BCUT2D eigenvalue weighted by atomic mass is 10.1. The summed E-state index contributed by atoms with van der Waals surface area (Å²) >= 11 is 1.76. The predicted octanol–water partition coefficient (Wildman–Crippen LogP) is 3.55. The van der Waals surface area contributed by atoms with Crippen molar-refractivity contribution in [3.05, 3.63) is 76.5 Å². The fourth-order valence-electron chi connectivity index (χ4n) is 3.97. The zero-order valence-electron chi connectivity index (χ0n) is 16.9. The molecular weight excluding hydrogens is 412 g/mol. The molecule has 2 aliphatic heterocycles. The molecular formula is C23H20N4O3S. The van der Waals surface area contributed by atoms with Gasteiger partial charge in [0.1, 0.15) is 5.82 Å². The van der Waals surface area contributed by atoms with E-state index in [1.54, 1.807) is 40.7 Å². The van der Waals surface area contributed by atoms with E-state index in [1.165, 1.54) is 0 Å². The largest absolute Gasteiger partial charge is 0.310 e. The number of benzene rings is 2. The van der Waals surface area contributed by atoms with Crippen LogP contribution in [0, 0.1) is 6.92 Å².